The van der Waals surface area contributed by atoms with Crippen LogP contribution < -0.4 is 10.5 Å². The zero-order valence-electron chi connectivity index (χ0n) is 13.8. The maximum absolute atomic E-state index is 12.4. The van der Waals surface area contributed by atoms with Crippen molar-refractivity contribution < 1.29 is 14.3 Å². The minimum Gasteiger partial charge on any atom is -0.497 e. The van der Waals surface area contributed by atoms with Gasteiger partial charge in [-0.1, -0.05) is 17.2 Å². The fraction of sp³-hybridized carbons (Fsp3) is 0.400. The monoisotopic (exact) mass is 345 g/mol. The Bertz CT molecular complexity index is 776. The van der Waals surface area contributed by atoms with Gasteiger partial charge in [0.25, 0.3) is 0 Å². The van der Waals surface area contributed by atoms with E-state index < -0.39 is 0 Å². The van der Waals surface area contributed by atoms with Gasteiger partial charge in [0.05, 0.1) is 13.7 Å². The second kappa shape index (κ2) is 7.16. The largest absolute Gasteiger partial charge is 0.497 e. The fourth-order valence-electron chi connectivity index (χ4n) is 2.63. The third kappa shape index (κ3) is 3.84. The number of hydrogen-bond acceptors (Lipinski definition) is 7. The van der Waals surface area contributed by atoms with E-state index in [9.17, 15) is 9.59 Å². The van der Waals surface area contributed by atoms with Gasteiger partial charge in [0.15, 0.2) is 0 Å². The predicted molar refractivity (Wildman–Crippen MR) is 87.2 cm³/mol. The Hall–Kier alpha value is -3.17. The smallest absolute Gasteiger partial charge is 0.245 e. The lowest BCUT2D eigenvalue weighted by atomic mass is 10.2. The Balaban J connectivity index is 1.57. The summed E-state index contributed by atoms with van der Waals surface area (Å²) in [6.07, 6.45) is 0. The van der Waals surface area contributed by atoms with Crippen LogP contribution in [-0.4, -0.2) is 68.6 Å². The molecule has 2 amide bonds. The van der Waals surface area contributed by atoms with Crippen molar-refractivity contribution in [1.29, 1.82) is 0 Å². The molecule has 2 N–H and O–H groups in total. The second-order valence-corrected chi connectivity index (χ2v) is 5.68. The molecule has 1 saturated heterocycles. The first kappa shape index (κ1) is 16.7. The van der Waals surface area contributed by atoms with E-state index in [4.69, 9.17) is 10.5 Å². The highest BCUT2D eigenvalue weighted by molar-refractivity contribution is 5.86. The number of nitrogens with two attached hydrogens (primary N) is 1. The van der Waals surface area contributed by atoms with Crippen molar-refractivity contribution in [3.05, 3.63) is 29.8 Å². The molecule has 132 valence electrons. The van der Waals surface area contributed by atoms with E-state index in [-0.39, 0.29) is 30.9 Å². The molecular formula is C15H19N7O3. The van der Waals surface area contributed by atoms with Crippen LogP contribution in [0.1, 0.15) is 5.56 Å². The van der Waals surface area contributed by atoms with Crippen LogP contribution in [0.15, 0.2) is 24.3 Å². The van der Waals surface area contributed by atoms with Gasteiger partial charge in [-0.25, -0.2) is 4.68 Å². The zero-order chi connectivity index (χ0) is 17.8. The topological polar surface area (TPSA) is 119 Å². The number of carbonyl (C=O) groups is 2. The standard InChI is InChI=1S/C15H19N7O3/c1-25-12-4-2-3-11(7-12)8-20-5-6-21(9-13(20)23)14(24)10-22-15(16)17-18-19-22/h2-4,7H,5-6,8-10H2,1H3,(H2,16,17,19). The lowest BCUT2D eigenvalue weighted by molar-refractivity contribution is -0.146. The molecular weight excluding hydrogens is 326 g/mol. The van der Waals surface area contributed by atoms with Crippen molar-refractivity contribution in [1.82, 2.24) is 30.0 Å². The highest BCUT2D eigenvalue weighted by atomic mass is 16.5. The van der Waals surface area contributed by atoms with Crippen LogP contribution >= 0.6 is 0 Å². The van der Waals surface area contributed by atoms with Gasteiger partial charge in [-0.15, -0.1) is 0 Å². The number of tetrazole rings is 1. The van der Waals surface area contributed by atoms with E-state index in [1.165, 1.54) is 9.58 Å². The van der Waals surface area contributed by atoms with E-state index >= 15 is 0 Å². The molecule has 2 heterocycles. The number of methoxy groups -OCH3 is 1. The molecule has 10 nitrogen and oxygen atoms in total. The van der Waals surface area contributed by atoms with Gasteiger partial charge in [0.1, 0.15) is 12.3 Å². The number of rotatable bonds is 5. The number of anilines is 1. The number of ether oxygens (including phenoxy) is 1. The summed E-state index contributed by atoms with van der Waals surface area (Å²) in [5, 5.41) is 10.5. The second-order valence-electron chi connectivity index (χ2n) is 5.68. The van der Waals surface area contributed by atoms with Crippen molar-refractivity contribution in [2.75, 3.05) is 32.5 Å². The SMILES string of the molecule is COc1cccc(CN2CCN(C(=O)Cn3nnnc3N)CC2=O)c1. The van der Waals surface area contributed by atoms with Gasteiger partial charge in [-0.2, -0.15) is 0 Å². The average Bonchev–Trinajstić information content (AvgIpc) is 3.01. The highest BCUT2D eigenvalue weighted by Crippen LogP contribution is 2.16. The average molecular weight is 345 g/mol. The summed E-state index contributed by atoms with van der Waals surface area (Å²) in [6.45, 7) is 1.36. The van der Waals surface area contributed by atoms with Gasteiger partial charge < -0.3 is 20.3 Å². The number of carbonyl (C=O) groups excluding carboxylic acids is 2. The summed E-state index contributed by atoms with van der Waals surface area (Å²) >= 11 is 0. The lowest BCUT2D eigenvalue weighted by Crippen LogP contribution is -2.52. The van der Waals surface area contributed by atoms with E-state index in [2.05, 4.69) is 15.5 Å². The normalized spacial score (nSPS) is 14.7. The van der Waals surface area contributed by atoms with Gasteiger partial charge in [0.2, 0.25) is 17.8 Å². The molecule has 2 aromatic rings. The Morgan fingerprint density at radius 2 is 2.20 bits per heavy atom. The molecule has 0 saturated carbocycles. The molecule has 0 spiro atoms. The minimum atomic E-state index is -0.242. The lowest BCUT2D eigenvalue weighted by Gasteiger charge is -2.34. The van der Waals surface area contributed by atoms with E-state index in [1.54, 1.807) is 12.0 Å². The molecule has 0 bridgehead atoms. The van der Waals surface area contributed by atoms with E-state index in [1.807, 2.05) is 24.3 Å². The summed E-state index contributed by atoms with van der Waals surface area (Å²) in [7, 11) is 1.60. The summed E-state index contributed by atoms with van der Waals surface area (Å²) in [4.78, 5) is 27.9. The van der Waals surface area contributed by atoms with Gasteiger partial charge >= 0.3 is 0 Å². The molecule has 1 aromatic carbocycles. The first-order chi connectivity index (χ1) is 12.1. The number of piperazine rings is 1. The first-order valence-electron chi connectivity index (χ1n) is 7.77. The Morgan fingerprint density at radius 3 is 2.88 bits per heavy atom. The Kier molecular flexibility index (Phi) is 4.78. The predicted octanol–water partition coefficient (Wildman–Crippen LogP) is -0.865. The number of nitrogen functional groups attached to an aromatic ring is 1. The molecule has 1 aromatic heterocycles. The molecule has 3 rings (SSSR count). The molecule has 25 heavy (non-hydrogen) atoms. The number of nitrogens with zero attached hydrogens (tertiary/aromatic N) is 6. The van der Waals surface area contributed by atoms with Crippen LogP contribution in [0.5, 0.6) is 5.75 Å². The fourth-order valence-corrected chi connectivity index (χ4v) is 2.63. The third-order valence-electron chi connectivity index (χ3n) is 4.02. The van der Waals surface area contributed by atoms with Crippen molar-refractivity contribution >= 4 is 17.8 Å². The van der Waals surface area contributed by atoms with Crippen molar-refractivity contribution in [3.63, 3.8) is 0 Å². The molecule has 1 aliphatic rings. The van der Waals surface area contributed by atoms with Crippen molar-refractivity contribution in [2.45, 2.75) is 13.1 Å². The maximum atomic E-state index is 12.4. The van der Waals surface area contributed by atoms with E-state index in [0.717, 1.165) is 11.3 Å². The van der Waals surface area contributed by atoms with Crippen molar-refractivity contribution in [2.24, 2.45) is 0 Å². The molecule has 0 atom stereocenters. The van der Waals surface area contributed by atoms with Crippen LogP contribution in [-0.2, 0) is 22.7 Å². The van der Waals surface area contributed by atoms with Gasteiger partial charge in [-0.05, 0) is 28.1 Å². The highest BCUT2D eigenvalue weighted by Gasteiger charge is 2.27. The minimum absolute atomic E-state index is 0.0326. The first-order valence-corrected chi connectivity index (χ1v) is 7.77. The van der Waals surface area contributed by atoms with Crippen LogP contribution in [0.4, 0.5) is 5.95 Å². The van der Waals surface area contributed by atoms with Crippen LogP contribution in [0.25, 0.3) is 0 Å². The molecule has 10 heteroatoms. The van der Waals surface area contributed by atoms with E-state index in [0.29, 0.717) is 19.6 Å². The van der Waals surface area contributed by atoms with Gasteiger partial charge in [-0.3, -0.25) is 9.59 Å². The maximum Gasteiger partial charge on any atom is 0.245 e. The molecule has 1 fully saturated rings. The van der Waals surface area contributed by atoms with Gasteiger partial charge in [0, 0.05) is 19.6 Å². The quantitative estimate of drug-likeness (QED) is 0.748. The molecule has 0 unspecified atom stereocenters. The number of amides is 2. The number of benzene rings is 1. The van der Waals surface area contributed by atoms with Crippen LogP contribution in [0, 0.1) is 0 Å². The Labute approximate surface area is 144 Å². The van der Waals surface area contributed by atoms with Crippen LogP contribution in [0.3, 0.4) is 0 Å². The van der Waals surface area contributed by atoms with Crippen LogP contribution in [0.2, 0.25) is 0 Å². The summed E-state index contributed by atoms with van der Waals surface area (Å²) < 4.78 is 6.40. The van der Waals surface area contributed by atoms with Crippen molar-refractivity contribution in [3.8, 4) is 5.75 Å². The third-order valence-corrected chi connectivity index (χ3v) is 4.02. The summed E-state index contributed by atoms with van der Waals surface area (Å²) in [5.41, 5.74) is 6.53. The molecule has 0 radical (unpaired) electrons. The Morgan fingerprint density at radius 1 is 1.36 bits per heavy atom. The number of aromatic nitrogens is 4. The molecule has 1 aliphatic heterocycles. The number of hydrogen-bond donors (Lipinski definition) is 1. The summed E-state index contributed by atoms with van der Waals surface area (Å²) in [6, 6.07) is 7.57. The molecule has 0 aliphatic carbocycles. The summed E-state index contributed by atoms with van der Waals surface area (Å²) in [5.74, 6) is 0.467. The zero-order valence-corrected chi connectivity index (χ0v) is 13.8.